The van der Waals surface area contributed by atoms with Crippen LogP contribution in [0.1, 0.15) is 16.5 Å². The van der Waals surface area contributed by atoms with Crippen molar-refractivity contribution in [3.63, 3.8) is 0 Å². The van der Waals surface area contributed by atoms with E-state index in [1.165, 1.54) is 17.4 Å². The summed E-state index contributed by atoms with van der Waals surface area (Å²) in [6, 6.07) is 4.38. The summed E-state index contributed by atoms with van der Waals surface area (Å²) in [5.74, 6) is -2.10. The van der Waals surface area contributed by atoms with E-state index in [4.69, 9.17) is 10.5 Å². The molecule has 0 radical (unpaired) electrons. The van der Waals surface area contributed by atoms with Gasteiger partial charge in [-0.1, -0.05) is 15.9 Å². The topological polar surface area (TPSA) is 35.2 Å². The average Bonchev–Trinajstić information content (AvgIpc) is 2.78. The maximum absolute atomic E-state index is 13.7. The van der Waals surface area contributed by atoms with Crippen LogP contribution in [0.15, 0.2) is 28.1 Å². The van der Waals surface area contributed by atoms with E-state index in [1.807, 2.05) is 18.4 Å². The molecule has 0 fully saturated rings. The predicted octanol–water partition coefficient (Wildman–Crippen LogP) is 4.18. The summed E-state index contributed by atoms with van der Waals surface area (Å²) < 4.78 is 32.9. The Hall–Kier alpha value is -0.980. The number of benzene rings is 1. The number of nitrogens with two attached hydrogens (primary N) is 1. The summed E-state index contributed by atoms with van der Waals surface area (Å²) in [4.78, 5) is 0.919. The molecule has 0 bridgehead atoms. The summed E-state index contributed by atoms with van der Waals surface area (Å²) in [7, 11) is 0. The van der Waals surface area contributed by atoms with Gasteiger partial charge in [0, 0.05) is 15.9 Å². The molecule has 1 aromatic heterocycles. The van der Waals surface area contributed by atoms with Crippen LogP contribution >= 0.6 is 27.3 Å². The zero-order valence-corrected chi connectivity index (χ0v) is 12.5. The van der Waals surface area contributed by atoms with Crippen LogP contribution in [-0.2, 0) is 0 Å². The largest absolute Gasteiger partial charge is 0.480 e. The van der Waals surface area contributed by atoms with Gasteiger partial charge in [0.15, 0.2) is 11.6 Å². The SMILES string of the molecule is Cc1ccsc1C(CN)Oc1cc(Br)cc(F)c1F. The molecule has 2 N–H and O–H groups in total. The van der Waals surface area contributed by atoms with Crippen LogP contribution in [0.25, 0.3) is 0 Å². The van der Waals surface area contributed by atoms with Crippen LogP contribution < -0.4 is 10.5 Å². The highest BCUT2D eigenvalue weighted by molar-refractivity contribution is 9.10. The van der Waals surface area contributed by atoms with Crippen molar-refractivity contribution in [2.45, 2.75) is 13.0 Å². The van der Waals surface area contributed by atoms with Crippen molar-refractivity contribution in [2.75, 3.05) is 6.54 Å². The molecule has 1 heterocycles. The van der Waals surface area contributed by atoms with Gasteiger partial charge < -0.3 is 10.5 Å². The minimum atomic E-state index is -1.00. The van der Waals surface area contributed by atoms with Crippen LogP contribution in [0.2, 0.25) is 0 Å². The molecule has 2 aromatic rings. The Balaban J connectivity index is 2.31. The first kappa shape index (κ1) is 14.4. The van der Waals surface area contributed by atoms with Gasteiger partial charge in [-0.05, 0) is 36.1 Å². The maximum atomic E-state index is 13.7. The number of aryl methyl sites for hydroxylation is 1. The number of hydrogen-bond donors (Lipinski definition) is 1. The molecular weight excluding hydrogens is 336 g/mol. The van der Waals surface area contributed by atoms with Crippen molar-refractivity contribution in [2.24, 2.45) is 5.73 Å². The second-order valence-corrected chi connectivity index (χ2v) is 5.87. The minimum Gasteiger partial charge on any atom is -0.480 e. The Bertz CT molecular complexity index is 588. The lowest BCUT2D eigenvalue weighted by atomic mass is 10.2. The van der Waals surface area contributed by atoms with Crippen LogP contribution in [0.3, 0.4) is 0 Å². The van der Waals surface area contributed by atoms with Crippen molar-refractivity contribution in [3.05, 3.63) is 50.1 Å². The van der Waals surface area contributed by atoms with E-state index in [1.54, 1.807) is 0 Å². The fourth-order valence-electron chi connectivity index (χ4n) is 1.69. The summed E-state index contributed by atoms with van der Waals surface area (Å²) in [6.07, 6.45) is -0.483. The van der Waals surface area contributed by atoms with Crippen molar-refractivity contribution in [1.82, 2.24) is 0 Å². The molecule has 1 unspecified atom stereocenters. The molecule has 1 atom stereocenters. The highest BCUT2D eigenvalue weighted by atomic mass is 79.9. The van der Waals surface area contributed by atoms with Crippen LogP contribution in [-0.4, -0.2) is 6.54 Å². The number of halogens is 3. The fraction of sp³-hybridized carbons (Fsp3) is 0.231. The van der Waals surface area contributed by atoms with E-state index in [9.17, 15) is 8.78 Å². The van der Waals surface area contributed by atoms with E-state index < -0.39 is 17.7 Å². The molecule has 2 nitrogen and oxygen atoms in total. The van der Waals surface area contributed by atoms with E-state index in [0.717, 1.165) is 16.5 Å². The van der Waals surface area contributed by atoms with Crippen molar-refractivity contribution in [3.8, 4) is 5.75 Å². The van der Waals surface area contributed by atoms with Gasteiger partial charge in [-0.2, -0.15) is 4.39 Å². The summed E-state index contributed by atoms with van der Waals surface area (Å²) in [6.45, 7) is 2.12. The number of ether oxygens (including phenoxy) is 1. The smallest absolute Gasteiger partial charge is 0.200 e. The van der Waals surface area contributed by atoms with Gasteiger partial charge in [0.1, 0.15) is 6.10 Å². The first-order chi connectivity index (χ1) is 9.02. The standard InChI is InChI=1S/C13H12BrF2NOS/c1-7-2-3-19-13(7)11(6-17)18-10-5-8(14)4-9(15)12(10)16/h2-5,11H,6,17H2,1H3. The van der Waals surface area contributed by atoms with E-state index in [2.05, 4.69) is 15.9 Å². The van der Waals surface area contributed by atoms with Crippen molar-refractivity contribution < 1.29 is 13.5 Å². The fourth-order valence-corrected chi connectivity index (χ4v) is 3.07. The first-order valence-corrected chi connectivity index (χ1v) is 7.25. The third-order valence-electron chi connectivity index (χ3n) is 2.64. The van der Waals surface area contributed by atoms with E-state index >= 15 is 0 Å². The minimum absolute atomic E-state index is 0.143. The first-order valence-electron chi connectivity index (χ1n) is 5.58. The Morgan fingerprint density at radius 1 is 1.42 bits per heavy atom. The van der Waals surface area contributed by atoms with Gasteiger partial charge in [-0.25, -0.2) is 4.39 Å². The van der Waals surface area contributed by atoms with E-state index in [-0.39, 0.29) is 12.3 Å². The van der Waals surface area contributed by atoms with Crippen LogP contribution in [0.4, 0.5) is 8.78 Å². The lowest BCUT2D eigenvalue weighted by Gasteiger charge is -2.18. The van der Waals surface area contributed by atoms with Crippen molar-refractivity contribution in [1.29, 1.82) is 0 Å². The van der Waals surface area contributed by atoms with Gasteiger partial charge in [-0.15, -0.1) is 11.3 Å². The normalized spacial score (nSPS) is 12.5. The van der Waals surface area contributed by atoms with Crippen molar-refractivity contribution >= 4 is 27.3 Å². The second-order valence-electron chi connectivity index (χ2n) is 4.01. The van der Waals surface area contributed by atoms with Gasteiger partial charge in [0.2, 0.25) is 5.82 Å². The highest BCUT2D eigenvalue weighted by Crippen LogP contribution is 2.32. The molecule has 1 aromatic carbocycles. The van der Waals surface area contributed by atoms with Gasteiger partial charge >= 0.3 is 0 Å². The summed E-state index contributed by atoms with van der Waals surface area (Å²) >= 11 is 4.59. The van der Waals surface area contributed by atoms with Gasteiger partial charge in [0.25, 0.3) is 0 Å². The van der Waals surface area contributed by atoms with Gasteiger partial charge in [0.05, 0.1) is 0 Å². The van der Waals surface area contributed by atoms with Gasteiger partial charge in [-0.3, -0.25) is 0 Å². The zero-order valence-electron chi connectivity index (χ0n) is 10.1. The monoisotopic (exact) mass is 347 g/mol. The molecule has 19 heavy (non-hydrogen) atoms. The molecule has 102 valence electrons. The third kappa shape index (κ3) is 3.13. The Kier molecular flexibility index (Phi) is 4.54. The summed E-state index contributed by atoms with van der Waals surface area (Å²) in [5, 5.41) is 1.91. The Morgan fingerprint density at radius 2 is 2.16 bits per heavy atom. The molecule has 0 amide bonds. The average molecular weight is 348 g/mol. The maximum Gasteiger partial charge on any atom is 0.200 e. The predicted molar refractivity (Wildman–Crippen MR) is 75.5 cm³/mol. The number of rotatable bonds is 4. The quantitative estimate of drug-likeness (QED) is 0.842. The lowest BCUT2D eigenvalue weighted by Crippen LogP contribution is -2.18. The zero-order chi connectivity index (χ0) is 14.0. The molecule has 0 aliphatic rings. The number of hydrogen-bond acceptors (Lipinski definition) is 3. The van der Waals surface area contributed by atoms with Crippen LogP contribution in [0.5, 0.6) is 5.75 Å². The Labute approximate surface area is 122 Å². The van der Waals surface area contributed by atoms with E-state index in [0.29, 0.717) is 4.47 Å². The molecule has 6 heteroatoms. The molecule has 2 rings (SSSR count). The molecule has 0 saturated heterocycles. The number of thiophene rings is 1. The second kappa shape index (κ2) is 5.98. The highest BCUT2D eigenvalue weighted by Gasteiger charge is 2.19. The summed E-state index contributed by atoms with van der Waals surface area (Å²) in [5.41, 5.74) is 6.69. The van der Waals surface area contributed by atoms with Crippen LogP contribution in [0, 0.1) is 18.6 Å². The Morgan fingerprint density at radius 3 is 2.74 bits per heavy atom. The molecular formula is C13H12BrF2NOS. The third-order valence-corrected chi connectivity index (χ3v) is 4.21. The molecule has 0 saturated carbocycles. The molecule has 0 spiro atoms. The molecule has 0 aliphatic heterocycles. The molecule has 0 aliphatic carbocycles. The lowest BCUT2D eigenvalue weighted by molar-refractivity contribution is 0.204.